The molecule has 0 saturated carbocycles. The van der Waals surface area contributed by atoms with Crippen LogP contribution < -0.4 is 5.73 Å². The quantitative estimate of drug-likeness (QED) is 0.804. The van der Waals surface area contributed by atoms with Crippen molar-refractivity contribution in [2.75, 3.05) is 18.9 Å². The second kappa shape index (κ2) is 4.38. The zero-order valence-corrected chi connectivity index (χ0v) is 10.2. The first-order chi connectivity index (χ1) is 8.74. The predicted molar refractivity (Wildman–Crippen MR) is 66.9 cm³/mol. The maximum Gasteiger partial charge on any atom is 0.182 e. The Bertz CT molecular complexity index is 539. The van der Waals surface area contributed by atoms with E-state index in [0.717, 1.165) is 35.7 Å². The minimum atomic E-state index is 0.219. The number of nitrogen functional groups attached to an aromatic ring is 1. The highest BCUT2D eigenvalue weighted by atomic mass is 16.5. The van der Waals surface area contributed by atoms with Gasteiger partial charge in [-0.25, -0.2) is 4.68 Å². The van der Waals surface area contributed by atoms with E-state index in [9.17, 15) is 0 Å². The summed E-state index contributed by atoms with van der Waals surface area (Å²) < 4.78 is 7.21. The number of aryl methyl sites for hydroxylation is 1. The number of aromatic nitrogens is 4. The number of anilines is 1. The maximum absolute atomic E-state index is 5.87. The molecule has 2 N–H and O–H groups in total. The lowest BCUT2D eigenvalue weighted by molar-refractivity contribution is 0.184. The molecule has 0 radical (unpaired) electrons. The molecule has 0 spiro atoms. The molecule has 0 aliphatic carbocycles. The van der Waals surface area contributed by atoms with Crippen molar-refractivity contribution in [3.05, 3.63) is 23.8 Å². The lowest BCUT2D eigenvalue weighted by Crippen LogP contribution is -2.12. The zero-order chi connectivity index (χ0) is 12.5. The van der Waals surface area contributed by atoms with Crippen LogP contribution in [0.3, 0.4) is 0 Å². The average Bonchev–Trinajstić information content (AvgIpc) is 2.98. The third-order valence-corrected chi connectivity index (χ3v) is 3.10. The predicted octanol–water partition coefficient (Wildman–Crippen LogP) is 1.19. The largest absolute Gasteiger partial charge is 0.399 e. The molecule has 18 heavy (non-hydrogen) atoms. The summed E-state index contributed by atoms with van der Waals surface area (Å²) in [5, 5.41) is 11.9. The van der Waals surface area contributed by atoms with E-state index >= 15 is 0 Å². The van der Waals surface area contributed by atoms with Crippen molar-refractivity contribution in [3.63, 3.8) is 0 Å². The molecule has 1 aliphatic heterocycles. The number of hydrogen-bond donors (Lipinski definition) is 1. The van der Waals surface area contributed by atoms with Crippen LogP contribution in [-0.2, 0) is 4.74 Å². The molecule has 6 nitrogen and oxygen atoms in total. The smallest absolute Gasteiger partial charge is 0.182 e. The molecule has 1 saturated heterocycles. The lowest BCUT2D eigenvalue weighted by atomic mass is 10.1. The topological polar surface area (TPSA) is 78.9 Å². The number of hydrogen-bond acceptors (Lipinski definition) is 5. The van der Waals surface area contributed by atoms with Crippen LogP contribution in [0, 0.1) is 6.92 Å². The Labute approximate surface area is 105 Å². The van der Waals surface area contributed by atoms with Crippen LogP contribution in [-0.4, -0.2) is 33.4 Å². The first kappa shape index (κ1) is 11.2. The van der Waals surface area contributed by atoms with Gasteiger partial charge >= 0.3 is 0 Å². The van der Waals surface area contributed by atoms with Crippen LogP contribution >= 0.6 is 0 Å². The van der Waals surface area contributed by atoms with Crippen LogP contribution in [0.2, 0.25) is 0 Å². The molecule has 94 valence electrons. The van der Waals surface area contributed by atoms with Gasteiger partial charge in [0.05, 0.1) is 12.6 Å². The Kier molecular flexibility index (Phi) is 2.71. The third-order valence-electron chi connectivity index (χ3n) is 3.10. The fraction of sp³-hybridized carbons (Fsp3) is 0.417. The summed E-state index contributed by atoms with van der Waals surface area (Å²) in [6.07, 6.45) is 0.944. The van der Waals surface area contributed by atoms with Gasteiger partial charge in [-0.1, -0.05) is 0 Å². The normalized spacial score (nSPS) is 19.3. The van der Waals surface area contributed by atoms with Crippen LogP contribution in [0.25, 0.3) is 11.4 Å². The molecule has 6 heteroatoms. The molecule has 2 aromatic rings. The van der Waals surface area contributed by atoms with E-state index in [1.807, 2.05) is 29.8 Å². The molecule has 1 atom stereocenters. The van der Waals surface area contributed by atoms with Crippen LogP contribution in [0.1, 0.15) is 18.0 Å². The second-order valence-corrected chi connectivity index (χ2v) is 4.60. The van der Waals surface area contributed by atoms with Gasteiger partial charge in [0.25, 0.3) is 0 Å². The summed E-state index contributed by atoms with van der Waals surface area (Å²) in [6, 6.07) is 6.08. The maximum atomic E-state index is 5.87. The van der Waals surface area contributed by atoms with Crippen molar-refractivity contribution in [1.29, 1.82) is 0 Å². The molecule has 3 rings (SSSR count). The van der Waals surface area contributed by atoms with Crippen molar-refractivity contribution in [2.24, 2.45) is 0 Å². The van der Waals surface area contributed by atoms with E-state index in [2.05, 4.69) is 15.5 Å². The van der Waals surface area contributed by atoms with E-state index in [1.165, 1.54) is 0 Å². The number of rotatable bonds is 2. The summed E-state index contributed by atoms with van der Waals surface area (Å²) in [5.41, 5.74) is 8.64. The van der Waals surface area contributed by atoms with E-state index in [4.69, 9.17) is 10.5 Å². The number of tetrazole rings is 1. The molecule has 0 bridgehead atoms. The van der Waals surface area contributed by atoms with Crippen molar-refractivity contribution >= 4 is 5.69 Å². The van der Waals surface area contributed by atoms with Gasteiger partial charge in [-0.3, -0.25) is 0 Å². The van der Waals surface area contributed by atoms with Gasteiger partial charge in [0.15, 0.2) is 5.82 Å². The number of benzene rings is 1. The van der Waals surface area contributed by atoms with Gasteiger partial charge < -0.3 is 10.5 Å². The van der Waals surface area contributed by atoms with Gasteiger partial charge in [-0.2, -0.15) is 0 Å². The first-order valence-corrected chi connectivity index (χ1v) is 5.97. The summed E-state index contributed by atoms with van der Waals surface area (Å²) in [4.78, 5) is 0. The first-order valence-electron chi connectivity index (χ1n) is 5.97. The Hall–Kier alpha value is -1.95. The number of nitrogens with zero attached hydrogens (tertiary/aromatic N) is 4. The van der Waals surface area contributed by atoms with Gasteiger partial charge in [0.1, 0.15) is 0 Å². The monoisotopic (exact) mass is 245 g/mol. The van der Waals surface area contributed by atoms with E-state index in [1.54, 1.807) is 0 Å². The molecular weight excluding hydrogens is 230 g/mol. The summed E-state index contributed by atoms with van der Waals surface area (Å²) >= 11 is 0. The highest BCUT2D eigenvalue weighted by Crippen LogP contribution is 2.26. The van der Waals surface area contributed by atoms with Crippen LogP contribution in [0.5, 0.6) is 0 Å². The Morgan fingerprint density at radius 1 is 1.39 bits per heavy atom. The van der Waals surface area contributed by atoms with Crippen molar-refractivity contribution in [3.8, 4) is 11.4 Å². The van der Waals surface area contributed by atoms with Gasteiger partial charge in [0, 0.05) is 17.9 Å². The number of ether oxygens (including phenoxy) is 1. The minimum absolute atomic E-state index is 0.219. The third kappa shape index (κ3) is 1.95. The van der Waals surface area contributed by atoms with Crippen molar-refractivity contribution in [1.82, 2.24) is 20.2 Å². The second-order valence-electron chi connectivity index (χ2n) is 4.60. The van der Waals surface area contributed by atoms with Crippen LogP contribution in [0.15, 0.2) is 18.2 Å². The Balaban J connectivity index is 2.03. The Morgan fingerprint density at radius 3 is 3.00 bits per heavy atom. The minimum Gasteiger partial charge on any atom is -0.399 e. The van der Waals surface area contributed by atoms with E-state index < -0.39 is 0 Å². The number of nitrogens with two attached hydrogens (primary N) is 1. The van der Waals surface area contributed by atoms with Gasteiger partial charge in [-0.15, -0.1) is 5.10 Å². The SMILES string of the molecule is Cc1cc(N)cc(-c2nnnn2C2CCOC2)c1. The highest BCUT2D eigenvalue weighted by Gasteiger charge is 2.22. The molecule has 0 amide bonds. The molecule has 1 aromatic carbocycles. The fourth-order valence-corrected chi connectivity index (χ4v) is 2.29. The molecule has 1 aromatic heterocycles. The van der Waals surface area contributed by atoms with Crippen molar-refractivity contribution in [2.45, 2.75) is 19.4 Å². The van der Waals surface area contributed by atoms with Crippen molar-refractivity contribution < 1.29 is 4.74 Å². The van der Waals surface area contributed by atoms with E-state index in [0.29, 0.717) is 6.61 Å². The molecular formula is C12H15N5O. The zero-order valence-electron chi connectivity index (χ0n) is 10.2. The molecule has 1 unspecified atom stereocenters. The molecule has 1 fully saturated rings. The lowest BCUT2D eigenvalue weighted by Gasteiger charge is -2.10. The standard InChI is InChI=1S/C12H15N5O/c1-8-4-9(6-10(13)5-8)12-14-15-16-17(12)11-2-3-18-7-11/h4-6,11H,2-3,7,13H2,1H3. The van der Waals surface area contributed by atoms with E-state index in [-0.39, 0.29) is 6.04 Å². The van der Waals surface area contributed by atoms with Gasteiger partial charge in [-0.05, 0) is 47.5 Å². The average molecular weight is 245 g/mol. The summed E-state index contributed by atoms with van der Waals surface area (Å²) in [6.45, 7) is 3.44. The molecule has 1 aliphatic rings. The fourth-order valence-electron chi connectivity index (χ4n) is 2.29. The summed E-state index contributed by atoms with van der Waals surface area (Å²) in [5.74, 6) is 0.751. The van der Waals surface area contributed by atoms with Crippen LogP contribution in [0.4, 0.5) is 5.69 Å². The summed E-state index contributed by atoms with van der Waals surface area (Å²) in [7, 11) is 0. The highest BCUT2D eigenvalue weighted by molar-refractivity contribution is 5.62. The molecule has 2 heterocycles. The Morgan fingerprint density at radius 2 is 2.28 bits per heavy atom. The van der Waals surface area contributed by atoms with Gasteiger partial charge in [0.2, 0.25) is 0 Å².